The predicted octanol–water partition coefficient (Wildman–Crippen LogP) is 0.597. The molecule has 2 amide bonds. The molecule has 114 valence electrons. The number of nitrogens with two attached hydrogens (primary N) is 1. The molecule has 0 aromatic carbocycles. The lowest BCUT2D eigenvalue weighted by molar-refractivity contribution is -0.142. The third kappa shape index (κ3) is 3.28. The van der Waals surface area contributed by atoms with E-state index in [9.17, 15) is 9.59 Å². The molecule has 1 aliphatic heterocycles. The second kappa shape index (κ2) is 6.78. The van der Waals surface area contributed by atoms with Gasteiger partial charge in [0.15, 0.2) is 0 Å². The van der Waals surface area contributed by atoms with Crippen molar-refractivity contribution in [1.82, 2.24) is 15.2 Å². The summed E-state index contributed by atoms with van der Waals surface area (Å²) in [5, 5.41) is 2.40. The number of nitrogens with zero attached hydrogens (tertiary/aromatic N) is 2. The molecule has 1 aromatic heterocycles. The minimum Gasteiger partial charge on any atom is -0.326 e. The second-order valence-electron chi connectivity index (χ2n) is 5.31. The Hall–Kier alpha value is -1.79. The van der Waals surface area contributed by atoms with E-state index in [2.05, 4.69) is 10.3 Å². The van der Waals surface area contributed by atoms with Gasteiger partial charge in [0.1, 0.15) is 0 Å². The number of hydrogen-bond donors (Lipinski definition) is 2. The average molecular weight is 290 g/mol. The summed E-state index contributed by atoms with van der Waals surface area (Å²) >= 11 is 0. The summed E-state index contributed by atoms with van der Waals surface area (Å²) in [5.74, 6) is -0.521. The monoisotopic (exact) mass is 290 g/mol. The fourth-order valence-electron chi connectivity index (χ4n) is 2.86. The maximum atomic E-state index is 12.1. The van der Waals surface area contributed by atoms with Gasteiger partial charge in [-0.25, -0.2) is 0 Å². The second-order valence-corrected chi connectivity index (χ2v) is 5.31. The van der Waals surface area contributed by atoms with Crippen LogP contribution < -0.4 is 11.1 Å². The van der Waals surface area contributed by atoms with Crippen LogP contribution in [0.1, 0.15) is 38.3 Å². The first-order valence-electron chi connectivity index (χ1n) is 7.33. The van der Waals surface area contributed by atoms with E-state index in [0.717, 1.165) is 12.0 Å². The fraction of sp³-hybridized carbons (Fsp3) is 0.533. The molecule has 1 fully saturated rings. The van der Waals surface area contributed by atoms with Crippen LogP contribution in [0.25, 0.3) is 0 Å². The summed E-state index contributed by atoms with van der Waals surface area (Å²) < 4.78 is 0. The Balaban J connectivity index is 2.39. The van der Waals surface area contributed by atoms with Crippen molar-refractivity contribution >= 4 is 11.8 Å². The smallest absolute Gasteiger partial charge is 0.243 e. The maximum absolute atomic E-state index is 12.1. The zero-order valence-corrected chi connectivity index (χ0v) is 12.5. The minimum atomic E-state index is -0.342. The molecule has 6 heteroatoms. The first-order chi connectivity index (χ1) is 10.1. The predicted molar refractivity (Wildman–Crippen MR) is 79.2 cm³/mol. The van der Waals surface area contributed by atoms with Crippen molar-refractivity contribution in [3.05, 3.63) is 30.1 Å². The number of hydrogen-bond acceptors (Lipinski definition) is 5. The van der Waals surface area contributed by atoms with E-state index in [1.54, 1.807) is 12.4 Å². The number of amides is 2. The highest BCUT2D eigenvalue weighted by Gasteiger charge is 2.39. The molecule has 3 atom stereocenters. The molecule has 6 nitrogen and oxygen atoms in total. The summed E-state index contributed by atoms with van der Waals surface area (Å²) in [6.45, 7) is 4.11. The van der Waals surface area contributed by atoms with E-state index in [1.807, 2.05) is 30.9 Å². The van der Waals surface area contributed by atoms with Gasteiger partial charge in [-0.15, -0.1) is 0 Å². The molecule has 2 rings (SSSR count). The van der Waals surface area contributed by atoms with Gasteiger partial charge in [0.25, 0.3) is 0 Å². The molecule has 3 unspecified atom stereocenters. The van der Waals surface area contributed by atoms with Gasteiger partial charge >= 0.3 is 0 Å². The number of rotatable bonds is 5. The Morgan fingerprint density at radius 3 is 2.81 bits per heavy atom. The Morgan fingerprint density at radius 2 is 2.24 bits per heavy atom. The average Bonchev–Trinajstić information content (AvgIpc) is 2.48. The van der Waals surface area contributed by atoms with Crippen LogP contribution in [0.2, 0.25) is 0 Å². The van der Waals surface area contributed by atoms with Gasteiger partial charge in [-0.3, -0.25) is 24.8 Å². The zero-order chi connectivity index (χ0) is 15.4. The van der Waals surface area contributed by atoms with Crippen molar-refractivity contribution in [2.75, 3.05) is 6.54 Å². The lowest BCUT2D eigenvalue weighted by Gasteiger charge is -2.41. The molecule has 3 N–H and O–H groups in total. The Morgan fingerprint density at radius 1 is 1.48 bits per heavy atom. The lowest BCUT2D eigenvalue weighted by atomic mass is 9.94. The summed E-state index contributed by atoms with van der Waals surface area (Å²) in [4.78, 5) is 29.9. The molecular formula is C15H22N4O2. The zero-order valence-electron chi connectivity index (χ0n) is 12.5. The quantitative estimate of drug-likeness (QED) is 0.775. The molecule has 1 aliphatic rings. The SMILES string of the molecule is CCC(N)C(c1cccnc1)N1CC(=O)NC(=O)C1CC. The molecule has 1 aromatic rings. The molecular weight excluding hydrogens is 268 g/mol. The molecule has 2 heterocycles. The summed E-state index contributed by atoms with van der Waals surface area (Å²) in [7, 11) is 0. The molecule has 21 heavy (non-hydrogen) atoms. The van der Waals surface area contributed by atoms with Crippen molar-refractivity contribution in [1.29, 1.82) is 0 Å². The number of carbonyl (C=O) groups is 2. The third-order valence-corrected chi connectivity index (χ3v) is 3.94. The maximum Gasteiger partial charge on any atom is 0.243 e. The van der Waals surface area contributed by atoms with Crippen LogP contribution in [-0.2, 0) is 9.59 Å². The van der Waals surface area contributed by atoms with Gasteiger partial charge in [-0.2, -0.15) is 0 Å². The van der Waals surface area contributed by atoms with Gasteiger partial charge in [0, 0.05) is 18.4 Å². The van der Waals surface area contributed by atoms with Crippen LogP contribution >= 0.6 is 0 Å². The Bertz CT molecular complexity index is 506. The molecule has 0 spiro atoms. The molecule has 0 saturated carbocycles. The van der Waals surface area contributed by atoms with E-state index in [4.69, 9.17) is 5.73 Å². The number of pyridine rings is 1. The summed E-state index contributed by atoms with van der Waals surface area (Å²) in [6, 6.07) is 3.09. The number of piperazine rings is 1. The first kappa shape index (κ1) is 15.6. The highest BCUT2D eigenvalue weighted by atomic mass is 16.2. The van der Waals surface area contributed by atoms with Crippen LogP contribution in [0.15, 0.2) is 24.5 Å². The number of carbonyl (C=O) groups excluding carboxylic acids is 2. The Kier molecular flexibility index (Phi) is 5.03. The van der Waals surface area contributed by atoms with Gasteiger partial charge in [0.05, 0.1) is 18.6 Å². The van der Waals surface area contributed by atoms with E-state index in [-0.39, 0.29) is 36.5 Å². The van der Waals surface area contributed by atoms with Gasteiger partial charge in [0.2, 0.25) is 11.8 Å². The van der Waals surface area contributed by atoms with Gasteiger partial charge in [-0.05, 0) is 24.5 Å². The fourth-order valence-corrected chi connectivity index (χ4v) is 2.86. The topological polar surface area (TPSA) is 88.3 Å². The van der Waals surface area contributed by atoms with Crippen LogP contribution in [0.5, 0.6) is 0 Å². The lowest BCUT2D eigenvalue weighted by Crippen LogP contribution is -2.60. The van der Waals surface area contributed by atoms with Crippen molar-refractivity contribution < 1.29 is 9.59 Å². The van der Waals surface area contributed by atoms with Crippen LogP contribution in [0.3, 0.4) is 0 Å². The van der Waals surface area contributed by atoms with Gasteiger partial charge in [-0.1, -0.05) is 19.9 Å². The molecule has 1 saturated heterocycles. The normalized spacial score (nSPS) is 22.7. The highest BCUT2D eigenvalue weighted by molar-refractivity contribution is 6.01. The van der Waals surface area contributed by atoms with Crippen molar-refractivity contribution in [3.8, 4) is 0 Å². The van der Waals surface area contributed by atoms with Crippen LogP contribution in [0.4, 0.5) is 0 Å². The largest absolute Gasteiger partial charge is 0.326 e. The highest BCUT2D eigenvalue weighted by Crippen LogP contribution is 2.28. The van der Waals surface area contributed by atoms with Crippen LogP contribution in [0, 0.1) is 0 Å². The molecule has 0 radical (unpaired) electrons. The van der Waals surface area contributed by atoms with Crippen LogP contribution in [-0.4, -0.2) is 40.3 Å². The number of aromatic nitrogens is 1. The van der Waals surface area contributed by atoms with E-state index >= 15 is 0 Å². The van der Waals surface area contributed by atoms with E-state index in [1.165, 1.54) is 0 Å². The van der Waals surface area contributed by atoms with Crippen molar-refractivity contribution in [2.24, 2.45) is 5.73 Å². The number of imide groups is 1. The van der Waals surface area contributed by atoms with E-state index < -0.39 is 0 Å². The third-order valence-electron chi connectivity index (χ3n) is 3.94. The van der Waals surface area contributed by atoms with Gasteiger partial charge < -0.3 is 5.73 Å². The van der Waals surface area contributed by atoms with E-state index in [0.29, 0.717) is 6.42 Å². The standard InChI is InChI=1S/C15H22N4O2/c1-3-11(16)14(10-6-5-7-17-8-10)19-9-13(20)18-15(21)12(19)4-2/h5-8,11-12,14H,3-4,9,16H2,1-2H3,(H,18,20,21). The Labute approximate surface area is 124 Å². The minimum absolute atomic E-state index is 0.165. The molecule has 0 aliphatic carbocycles. The van der Waals surface area contributed by atoms with Crippen molar-refractivity contribution in [3.63, 3.8) is 0 Å². The summed E-state index contributed by atoms with van der Waals surface area (Å²) in [6.07, 6.45) is 4.84. The number of nitrogens with one attached hydrogen (secondary N) is 1. The summed E-state index contributed by atoms with van der Waals surface area (Å²) in [5.41, 5.74) is 7.21. The van der Waals surface area contributed by atoms with Crippen molar-refractivity contribution in [2.45, 2.75) is 44.8 Å². The molecule has 0 bridgehead atoms. The first-order valence-corrected chi connectivity index (χ1v) is 7.33.